The molecule has 2 rings (SSSR count). The molecule has 0 aliphatic heterocycles. The van der Waals surface area contributed by atoms with E-state index in [-0.39, 0.29) is 0 Å². The summed E-state index contributed by atoms with van der Waals surface area (Å²) in [5.74, 6) is 1.40. The Morgan fingerprint density at radius 1 is 1.11 bits per heavy atom. The summed E-state index contributed by atoms with van der Waals surface area (Å²) in [5.41, 5.74) is 8.01. The average Bonchev–Trinajstić information content (AvgIpc) is 2.42. The molecular weight excluding hydrogens is 310 g/mol. The van der Waals surface area contributed by atoms with Crippen molar-refractivity contribution in [2.45, 2.75) is 0 Å². The van der Waals surface area contributed by atoms with Gasteiger partial charge in [-0.2, -0.15) is 0 Å². The highest BCUT2D eigenvalue weighted by Crippen LogP contribution is 2.33. The van der Waals surface area contributed by atoms with E-state index in [2.05, 4.69) is 26.2 Å². The highest BCUT2D eigenvalue weighted by molar-refractivity contribution is 9.10. The molecule has 1 aromatic heterocycles. The van der Waals surface area contributed by atoms with Crippen molar-refractivity contribution in [2.75, 3.05) is 25.3 Å². The van der Waals surface area contributed by atoms with E-state index in [1.807, 2.05) is 12.1 Å². The van der Waals surface area contributed by atoms with Crippen LogP contribution in [-0.4, -0.2) is 19.2 Å². The fraction of sp³-hybridized carbons (Fsp3) is 0.154. The second kappa shape index (κ2) is 5.79. The van der Waals surface area contributed by atoms with Crippen molar-refractivity contribution in [3.05, 3.63) is 35.1 Å². The van der Waals surface area contributed by atoms with Crippen LogP contribution < -0.4 is 20.5 Å². The largest absolute Gasteiger partial charge is 0.497 e. The number of hydrogen-bond donors (Lipinski definition) is 2. The molecule has 0 atom stereocenters. The Bertz CT molecular complexity index is 548. The molecule has 6 heteroatoms. The molecule has 0 saturated heterocycles. The molecule has 5 nitrogen and oxygen atoms in total. The normalized spacial score (nSPS) is 10.1. The summed E-state index contributed by atoms with van der Waals surface area (Å²) in [6, 6.07) is 5.51. The third-order valence-corrected chi connectivity index (χ3v) is 3.15. The van der Waals surface area contributed by atoms with Crippen molar-refractivity contribution in [3.8, 4) is 11.5 Å². The number of nitrogens with one attached hydrogen (secondary N) is 1. The second-order valence-corrected chi connectivity index (χ2v) is 4.67. The van der Waals surface area contributed by atoms with E-state index >= 15 is 0 Å². The van der Waals surface area contributed by atoms with Gasteiger partial charge in [0.15, 0.2) is 0 Å². The minimum absolute atomic E-state index is 0.552. The fourth-order valence-electron chi connectivity index (χ4n) is 1.61. The van der Waals surface area contributed by atoms with Gasteiger partial charge in [0.25, 0.3) is 0 Å². The van der Waals surface area contributed by atoms with Gasteiger partial charge in [0.2, 0.25) is 0 Å². The molecule has 0 spiro atoms. The molecule has 0 aliphatic carbocycles. The van der Waals surface area contributed by atoms with Gasteiger partial charge in [-0.25, -0.2) is 0 Å². The first-order valence-corrected chi connectivity index (χ1v) is 6.32. The monoisotopic (exact) mass is 323 g/mol. The number of pyridine rings is 1. The topological polar surface area (TPSA) is 69.4 Å². The van der Waals surface area contributed by atoms with Crippen LogP contribution in [0.1, 0.15) is 0 Å². The molecule has 1 heterocycles. The Kier molecular flexibility index (Phi) is 4.11. The number of ether oxygens (including phenoxy) is 2. The van der Waals surface area contributed by atoms with Crippen LogP contribution in [-0.2, 0) is 0 Å². The number of rotatable bonds is 4. The van der Waals surface area contributed by atoms with Gasteiger partial charge in [0.05, 0.1) is 36.3 Å². The molecule has 0 radical (unpaired) electrons. The van der Waals surface area contributed by atoms with Gasteiger partial charge < -0.3 is 20.5 Å². The number of methoxy groups -OCH3 is 2. The number of aromatic nitrogens is 1. The number of benzene rings is 1. The first-order valence-electron chi connectivity index (χ1n) is 5.53. The van der Waals surface area contributed by atoms with Crippen LogP contribution in [0.3, 0.4) is 0 Å². The number of halogens is 1. The lowest BCUT2D eigenvalue weighted by Gasteiger charge is -2.13. The summed E-state index contributed by atoms with van der Waals surface area (Å²) in [6.07, 6.45) is 3.26. The zero-order valence-corrected chi connectivity index (χ0v) is 12.2. The first-order chi connectivity index (χ1) is 9.13. The summed E-state index contributed by atoms with van der Waals surface area (Å²) in [6.45, 7) is 0. The molecular formula is C13H14BrN3O2. The summed E-state index contributed by atoms with van der Waals surface area (Å²) in [4.78, 5) is 3.99. The summed E-state index contributed by atoms with van der Waals surface area (Å²) in [7, 11) is 3.21. The van der Waals surface area contributed by atoms with E-state index in [1.165, 1.54) is 0 Å². The highest BCUT2D eigenvalue weighted by Gasteiger charge is 2.07. The molecule has 0 saturated carbocycles. The van der Waals surface area contributed by atoms with Crippen LogP contribution in [0.15, 0.2) is 35.1 Å². The summed E-state index contributed by atoms with van der Waals surface area (Å²) in [5, 5.41) is 3.22. The first kappa shape index (κ1) is 13.5. The van der Waals surface area contributed by atoms with Crippen molar-refractivity contribution in [1.82, 2.24) is 4.98 Å². The SMILES string of the molecule is COc1cc(Nc2c(N)cncc2Br)cc(OC)c1. The van der Waals surface area contributed by atoms with Crippen LogP contribution in [0.2, 0.25) is 0 Å². The molecule has 100 valence electrons. The minimum Gasteiger partial charge on any atom is -0.497 e. The van der Waals surface area contributed by atoms with E-state index in [0.717, 1.165) is 15.8 Å². The van der Waals surface area contributed by atoms with Crippen LogP contribution in [0.5, 0.6) is 11.5 Å². The molecule has 0 fully saturated rings. The Labute approximate surface area is 119 Å². The molecule has 0 unspecified atom stereocenters. The van der Waals surface area contributed by atoms with Gasteiger partial charge in [-0.3, -0.25) is 4.98 Å². The quantitative estimate of drug-likeness (QED) is 0.904. The van der Waals surface area contributed by atoms with E-state index in [4.69, 9.17) is 15.2 Å². The number of nitrogen functional groups attached to an aromatic ring is 1. The maximum absolute atomic E-state index is 5.89. The van der Waals surface area contributed by atoms with Gasteiger partial charge in [-0.15, -0.1) is 0 Å². The molecule has 0 aliphatic rings. The van der Waals surface area contributed by atoms with Crippen LogP contribution in [0.25, 0.3) is 0 Å². The Morgan fingerprint density at radius 2 is 1.74 bits per heavy atom. The average molecular weight is 324 g/mol. The minimum atomic E-state index is 0.552. The van der Waals surface area contributed by atoms with Crippen LogP contribution in [0.4, 0.5) is 17.1 Å². The highest BCUT2D eigenvalue weighted by atomic mass is 79.9. The van der Waals surface area contributed by atoms with Crippen LogP contribution in [0, 0.1) is 0 Å². The lowest BCUT2D eigenvalue weighted by Crippen LogP contribution is -1.99. The molecule has 0 amide bonds. The summed E-state index contributed by atoms with van der Waals surface area (Å²) >= 11 is 3.41. The van der Waals surface area contributed by atoms with E-state index in [0.29, 0.717) is 17.2 Å². The molecule has 0 bridgehead atoms. The van der Waals surface area contributed by atoms with Crippen molar-refractivity contribution in [3.63, 3.8) is 0 Å². The molecule has 1 aromatic carbocycles. The van der Waals surface area contributed by atoms with Crippen LogP contribution >= 0.6 is 15.9 Å². The fourth-order valence-corrected chi connectivity index (χ4v) is 2.05. The summed E-state index contributed by atoms with van der Waals surface area (Å²) < 4.78 is 11.2. The zero-order chi connectivity index (χ0) is 13.8. The predicted molar refractivity (Wildman–Crippen MR) is 79.2 cm³/mol. The standard InChI is InChI=1S/C13H14BrN3O2/c1-18-9-3-8(4-10(5-9)19-2)17-13-11(14)6-16-7-12(13)15/h3-7H,15H2,1-2H3,(H,16,17). The van der Waals surface area contributed by atoms with Crippen molar-refractivity contribution >= 4 is 33.0 Å². The maximum atomic E-state index is 5.89. The van der Waals surface area contributed by atoms with E-state index in [9.17, 15) is 0 Å². The Balaban J connectivity index is 2.37. The third kappa shape index (κ3) is 3.08. The zero-order valence-electron chi connectivity index (χ0n) is 10.6. The lowest BCUT2D eigenvalue weighted by molar-refractivity contribution is 0.395. The molecule has 2 aromatic rings. The van der Waals surface area contributed by atoms with Crippen molar-refractivity contribution < 1.29 is 9.47 Å². The van der Waals surface area contributed by atoms with Gasteiger partial charge >= 0.3 is 0 Å². The van der Waals surface area contributed by atoms with Crippen molar-refractivity contribution in [2.24, 2.45) is 0 Å². The van der Waals surface area contributed by atoms with E-state index < -0.39 is 0 Å². The smallest absolute Gasteiger partial charge is 0.124 e. The number of anilines is 3. The van der Waals surface area contributed by atoms with Gasteiger partial charge in [-0.1, -0.05) is 0 Å². The predicted octanol–water partition coefficient (Wildman–Crippen LogP) is 3.19. The number of hydrogen-bond acceptors (Lipinski definition) is 5. The van der Waals surface area contributed by atoms with Gasteiger partial charge in [0.1, 0.15) is 11.5 Å². The number of nitrogens with zero attached hydrogens (tertiary/aromatic N) is 1. The van der Waals surface area contributed by atoms with Gasteiger partial charge in [0, 0.05) is 30.1 Å². The number of nitrogens with two attached hydrogens (primary N) is 1. The Hall–Kier alpha value is -1.95. The van der Waals surface area contributed by atoms with Crippen molar-refractivity contribution in [1.29, 1.82) is 0 Å². The van der Waals surface area contributed by atoms with E-state index in [1.54, 1.807) is 32.7 Å². The molecule has 19 heavy (non-hydrogen) atoms. The molecule has 3 N–H and O–H groups in total. The Morgan fingerprint density at radius 3 is 2.26 bits per heavy atom. The third-order valence-electron chi connectivity index (χ3n) is 2.55. The maximum Gasteiger partial charge on any atom is 0.124 e. The lowest BCUT2D eigenvalue weighted by atomic mass is 10.2. The van der Waals surface area contributed by atoms with Gasteiger partial charge in [-0.05, 0) is 15.9 Å². The second-order valence-electron chi connectivity index (χ2n) is 3.81.